The minimum Gasteiger partial charge on any atom is -0.355 e. The molecule has 3 nitrogen and oxygen atoms in total. The molecule has 0 aliphatic carbocycles. The molecule has 0 unspecified atom stereocenters. The first-order chi connectivity index (χ1) is 8.26. The molecule has 0 saturated carbocycles. The maximum Gasteiger partial charge on any atom is 0.234 e. The summed E-state index contributed by atoms with van der Waals surface area (Å²) in [7, 11) is 0. The fraction of sp³-hybridized carbons (Fsp3) is 0.500. The van der Waals surface area contributed by atoms with Crippen LogP contribution in [0, 0.1) is 0 Å². The molecule has 1 aromatic rings. The standard InChI is InChI=1S/C14H22N2O/c1-3-16(4-2)12-14(17)15-11-10-13-8-6-5-7-9-13/h5-9H,3-4,10-12H2,1-2H3,(H,15,17). The van der Waals surface area contributed by atoms with Crippen LogP contribution in [0.5, 0.6) is 0 Å². The molecule has 1 aromatic carbocycles. The number of hydrogen-bond donors (Lipinski definition) is 1. The van der Waals surface area contributed by atoms with Gasteiger partial charge in [0.15, 0.2) is 0 Å². The quantitative estimate of drug-likeness (QED) is 0.778. The smallest absolute Gasteiger partial charge is 0.234 e. The Morgan fingerprint density at radius 2 is 1.82 bits per heavy atom. The third-order valence-electron chi connectivity index (χ3n) is 2.84. The predicted molar refractivity (Wildman–Crippen MR) is 70.9 cm³/mol. The molecule has 0 saturated heterocycles. The second kappa shape index (κ2) is 7.85. The first-order valence-corrected chi connectivity index (χ1v) is 6.29. The van der Waals surface area contributed by atoms with Gasteiger partial charge in [0.25, 0.3) is 0 Å². The monoisotopic (exact) mass is 234 g/mol. The van der Waals surface area contributed by atoms with Crippen LogP contribution in [0.15, 0.2) is 30.3 Å². The normalized spacial score (nSPS) is 10.5. The number of amides is 1. The lowest BCUT2D eigenvalue weighted by atomic mass is 10.1. The van der Waals surface area contributed by atoms with E-state index in [2.05, 4.69) is 36.2 Å². The van der Waals surface area contributed by atoms with Gasteiger partial charge in [0, 0.05) is 6.54 Å². The molecule has 0 fully saturated rings. The van der Waals surface area contributed by atoms with Gasteiger partial charge in [-0.15, -0.1) is 0 Å². The first-order valence-electron chi connectivity index (χ1n) is 6.29. The summed E-state index contributed by atoms with van der Waals surface area (Å²) < 4.78 is 0. The van der Waals surface area contributed by atoms with Crippen molar-refractivity contribution in [3.05, 3.63) is 35.9 Å². The second-order valence-corrected chi connectivity index (χ2v) is 4.05. The number of likely N-dealkylation sites (N-methyl/N-ethyl adjacent to an activating group) is 1. The molecule has 0 heterocycles. The fourth-order valence-electron chi connectivity index (χ4n) is 1.70. The molecular formula is C14H22N2O. The zero-order valence-electron chi connectivity index (χ0n) is 10.8. The molecule has 0 aliphatic heterocycles. The van der Waals surface area contributed by atoms with Crippen LogP contribution in [-0.4, -0.2) is 37.0 Å². The van der Waals surface area contributed by atoms with Gasteiger partial charge in [-0.1, -0.05) is 44.2 Å². The van der Waals surface area contributed by atoms with E-state index in [0.717, 1.165) is 19.5 Å². The first kappa shape index (κ1) is 13.7. The van der Waals surface area contributed by atoms with Gasteiger partial charge in [-0.05, 0) is 25.1 Å². The summed E-state index contributed by atoms with van der Waals surface area (Å²) in [6.45, 7) is 7.19. The third-order valence-corrected chi connectivity index (χ3v) is 2.84. The van der Waals surface area contributed by atoms with E-state index >= 15 is 0 Å². The summed E-state index contributed by atoms with van der Waals surface area (Å²) in [6, 6.07) is 10.2. The van der Waals surface area contributed by atoms with Crippen molar-refractivity contribution in [2.75, 3.05) is 26.2 Å². The number of carbonyl (C=O) groups is 1. The van der Waals surface area contributed by atoms with Gasteiger partial charge in [-0.25, -0.2) is 0 Å². The van der Waals surface area contributed by atoms with Crippen LogP contribution in [0.2, 0.25) is 0 Å². The summed E-state index contributed by atoms with van der Waals surface area (Å²) in [6.07, 6.45) is 0.894. The average Bonchev–Trinajstić information content (AvgIpc) is 2.37. The van der Waals surface area contributed by atoms with Crippen molar-refractivity contribution in [1.29, 1.82) is 0 Å². The lowest BCUT2D eigenvalue weighted by Crippen LogP contribution is -2.37. The van der Waals surface area contributed by atoms with Crippen LogP contribution < -0.4 is 5.32 Å². The number of nitrogens with zero attached hydrogens (tertiary/aromatic N) is 1. The van der Waals surface area contributed by atoms with Crippen LogP contribution in [-0.2, 0) is 11.2 Å². The summed E-state index contributed by atoms with van der Waals surface area (Å²) >= 11 is 0. The molecule has 1 rings (SSSR count). The van der Waals surface area contributed by atoms with E-state index < -0.39 is 0 Å². The summed E-state index contributed by atoms with van der Waals surface area (Å²) in [5, 5.41) is 2.95. The second-order valence-electron chi connectivity index (χ2n) is 4.05. The Kier molecular flexibility index (Phi) is 6.33. The van der Waals surface area contributed by atoms with Gasteiger partial charge in [0.2, 0.25) is 5.91 Å². The Hall–Kier alpha value is -1.35. The summed E-state index contributed by atoms with van der Waals surface area (Å²) in [4.78, 5) is 13.7. The predicted octanol–water partition coefficient (Wildman–Crippen LogP) is 1.69. The number of nitrogens with one attached hydrogen (secondary N) is 1. The van der Waals surface area contributed by atoms with Crippen molar-refractivity contribution in [3.8, 4) is 0 Å². The van der Waals surface area contributed by atoms with E-state index in [1.165, 1.54) is 5.56 Å². The Balaban J connectivity index is 2.20. The topological polar surface area (TPSA) is 32.3 Å². The van der Waals surface area contributed by atoms with E-state index in [1.807, 2.05) is 18.2 Å². The highest BCUT2D eigenvalue weighted by Gasteiger charge is 2.05. The molecule has 0 bridgehead atoms. The highest BCUT2D eigenvalue weighted by molar-refractivity contribution is 5.77. The van der Waals surface area contributed by atoms with Crippen LogP contribution in [0.1, 0.15) is 19.4 Å². The van der Waals surface area contributed by atoms with Gasteiger partial charge in [-0.2, -0.15) is 0 Å². The highest BCUT2D eigenvalue weighted by Crippen LogP contribution is 1.98. The minimum absolute atomic E-state index is 0.115. The Bertz CT molecular complexity index is 320. The zero-order chi connectivity index (χ0) is 12.5. The maximum absolute atomic E-state index is 11.6. The van der Waals surface area contributed by atoms with E-state index in [-0.39, 0.29) is 5.91 Å². The molecule has 3 heteroatoms. The molecule has 17 heavy (non-hydrogen) atoms. The molecule has 0 radical (unpaired) electrons. The number of carbonyl (C=O) groups excluding carboxylic acids is 1. The van der Waals surface area contributed by atoms with Crippen LogP contribution >= 0.6 is 0 Å². The summed E-state index contributed by atoms with van der Waals surface area (Å²) in [5.41, 5.74) is 1.26. The Morgan fingerprint density at radius 1 is 1.18 bits per heavy atom. The van der Waals surface area contributed by atoms with Crippen LogP contribution in [0.3, 0.4) is 0 Å². The summed E-state index contributed by atoms with van der Waals surface area (Å²) in [5.74, 6) is 0.115. The van der Waals surface area contributed by atoms with Crippen molar-refractivity contribution in [3.63, 3.8) is 0 Å². The highest BCUT2D eigenvalue weighted by atomic mass is 16.2. The van der Waals surface area contributed by atoms with E-state index in [4.69, 9.17) is 0 Å². The largest absolute Gasteiger partial charge is 0.355 e. The van der Waals surface area contributed by atoms with E-state index in [0.29, 0.717) is 13.1 Å². The van der Waals surface area contributed by atoms with Crippen molar-refractivity contribution in [2.24, 2.45) is 0 Å². The molecular weight excluding hydrogens is 212 g/mol. The minimum atomic E-state index is 0.115. The third kappa shape index (κ3) is 5.50. The Morgan fingerprint density at radius 3 is 2.41 bits per heavy atom. The van der Waals surface area contributed by atoms with Gasteiger partial charge < -0.3 is 5.32 Å². The lowest BCUT2D eigenvalue weighted by molar-refractivity contribution is -0.122. The fourth-order valence-corrected chi connectivity index (χ4v) is 1.70. The number of hydrogen-bond acceptors (Lipinski definition) is 2. The van der Waals surface area contributed by atoms with Crippen molar-refractivity contribution < 1.29 is 4.79 Å². The van der Waals surface area contributed by atoms with Gasteiger partial charge in [0.1, 0.15) is 0 Å². The lowest BCUT2D eigenvalue weighted by Gasteiger charge is -2.17. The molecule has 94 valence electrons. The molecule has 0 atom stereocenters. The van der Waals surface area contributed by atoms with E-state index in [1.54, 1.807) is 0 Å². The van der Waals surface area contributed by atoms with Gasteiger partial charge >= 0.3 is 0 Å². The number of rotatable bonds is 7. The van der Waals surface area contributed by atoms with Crippen molar-refractivity contribution >= 4 is 5.91 Å². The SMILES string of the molecule is CCN(CC)CC(=O)NCCc1ccccc1. The maximum atomic E-state index is 11.6. The van der Waals surface area contributed by atoms with Crippen molar-refractivity contribution in [2.45, 2.75) is 20.3 Å². The zero-order valence-corrected chi connectivity index (χ0v) is 10.8. The van der Waals surface area contributed by atoms with Crippen LogP contribution in [0.25, 0.3) is 0 Å². The molecule has 0 aromatic heterocycles. The molecule has 0 aliphatic rings. The average molecular weight is 234 g/mol. The molecule has 1 amide bonds. The van der Waals surface area contributed by atoms with E-state index in [9.17, 15) is 4.79 Å². The number of benzene rings is 1. The van der Waals surface area contributed by atoms with Gasteiger partial charge in [-0.3, -0.25) is 9.69 Å². The van der Waals surface area contributed by atoms with Gasteiger partial charge in [0.05, 0.1) is 6.54 Å². The molecule has 1 N–H and O–H groups in total. The Labute approximate surface area is 104 Å². The van der Waals surface area contributed by atoms with Crippen molar-refractivity contribution in [1.82, 2.24) is 10.2 Å². The van der Waals surface area contributed by atoms with Crippen LogP contribution in [0.4, 0.5) is 0 Å². The molecule has 0 spiro atoms.